The second-order valence-corrected chi connectivity index (χ2v) is 5.72. The molecule has 18 heavy (non-hydrogen) atoms. The molecule has 2 aromatic rings. The van der Waals surface area contributed by atoms with E-state index in [0.29, 0.717) is 11.9 Å². The smallest absolute Gasteiger partial charge is 0.125 e. The Kier molecular flexibility index (Phi) is 4.57. The summed E-state index contributed by atoms with van der Waals surface area (Å²) in [7, 11) is 0. The summed E-state index contributed by atoms with van der Waals surface area (Å²) in [6.07, 6.45) is 3.25. The lowest BCUT2D eigenvalue weighted by Crippen LogP contribution is -2.13. The summed E-state index contributed by atoms with van der Waals surface area (Å²) in [4.78, 5) is 4.65. The number of rotatable bonds is 5. The van der Waals surface area contributed by atoms with Crippen LogP contribution in [-0.2, 0) is 5.88 Å². The van der Waals surface area contributed by atoms with Crippen LogP contribution in [0, 0.1) is 6.92 Å². The van der Waals surface area contributed by atoms with Crippen LogP contribution in [0.15, 0.2) is 18.2 Å². The van der Waals surface area contributed by atoms with Crippen LogP contribution in [-0.4, -0.2) is 21.6 Å². The van der Waals surface area contributed by atoms with E-state index in [-0.39, 0.29) is 0 Å². The number of hydrogen-bond donors (Lipinski definition) is 0. The van der Waals surface area contributed by atoms with E-state index in [0.717, 1.165) is 23.5 Å². The lowest BCUT2D eigenvalue weighted by Gasteiger charge is -2.19. The number of aryl methyl sites for hydroxylation is 1. The first kappa shape index (κ1) is 13.8. The Bertz CT molecular complexity index is 536. The maximum Gasteiger partial charge on any atom is 0.125 e. The monoisotopic (exact) mass is 282 g/mol. The van der Waals surface area contributed by atoms with Crippen molar-refractivity contribution >= 4 is 34.4 Å². The normalized spacial score (nSPS) is 13.1. The van der Waals surface area contributed by atoms with Gasteiger partial charge >= 0.3 is 0 Å². The molecule has 98 valence electrons. The Hall–Kier alpha value is -0.670. The van der Waals surface area contributed by atoms with Crippen LogP contribution in [0.3, 0.4) is 0 Å². The number of imidazole rings is 1. The fourth-order valence-electron chi connectivity index (χ4n) is 2.32. The Morgan fingerprint density at radius 3 is 2.83 bits per heavy atom. The SMILES string of the molecule is CCC(CSC)n1c(CCl)nc2ccc(C)cc21. The van der Waals surface area contributed by atoms with Gasteiger partial charge in [0.1, 0.15) is 5.82 Å². The molecule has 0 saturated heterocycles. The minimum absolute atomic E-state index is 0.471. The molecule has 1 unspecified atom stereocenters. The van der Waals surface area contributed by atoms with Gasteiger partial charge in [0.25, 0.3) is 0 Å². The van der Waals surface area contributed by atoms with E-state index in [4.69, 9.17) is 11.6 Å². The number of nitrogens with zero attached hydrogens (tertiary/aromatic N) is 2. The molecular formula is C14H19ClN2S. The van der Waals surface area contributed by atoms with Crippen LogP contribution in [0.25, 0.3) is 11.0 Å². The molecule has 2 nitrogen and oxygen atoms in total. The minimum atomic E-state index is 0.471. The maximum atomic E-state index is 6.05. The number of hydrogen-bond acceptors (Lipinski definition) is 2. The second-order valence-electron chi connectivity index (χ2n) is 4.54. The van der Waals surface area contributed by atoms with E-state index in [1.807, 2.05) is 11.8 Å². The molecule has 0 aliphatic rings. The molecule has 0 aliphatic heterocycles. The van der Waals surface area contributed by atoms with Gasteiger partial charge in [-0.05, 0) is 37.3 Å². The van der Waals surface area contributed by atoms with Crippen LogP contribution in [0.2, 0.25) is 0 Å². The highest BCUT2D eigenvalue weighted by Gasteiger charge is 2.17. The van der Waals surface area contributed by atoms with E-state index in [2.05, 4.69) is 47.9 Å². The molecule has 1 atom stereocenters. The zero-order chi connectivity index (χ0) is 13.1. The largest absolute Gasteiger partial charge is 0.323 e. The number of alkyl halides is 1. The Balaban J connectivity index is 2.60. The average Bonchev–Trinajstić information content (AvgIpc) is 2.73. The number of halogens is 1. The summed E-state index contributed by atoms with van der Waals surface area (Å²) in [5, 5.41) is 0. The molecule has 1 aromatic heterocycles. The molecule has 2 rings (SSSR count). The number of thioether (sulfide) groups is 1. The average molecular weight is 283 g/mol. The Labute approximate surface area is 118 Å². The standard InChI is InChI=1S/C14H19ClN2S/c1-4-11(9-18-3)17-13-7-10(2)5-6-12(13)16-14(17)8-15/h5-7,11H,4,8-9H2,1-3H3. The van der Waals surface area contributed by atoms with Crippen molar-refractivity contribution in [2.75, 3.05) is 12.0 Å². The van der Waals surface area contributed by atoms with Crippen molar-refractivity contribution in [3.05, 3.63) is 29.6 Å². The molecule has 0 N–H and O–H groups in total. The zero-order valence-corrected chi connectivity index (χ0v) is 12.7. The van der Waals surface area contributed by atoms with Crippen LogP contribution in [0.5, 0.6) is 0 Å². The molecule has 4 heteroatoms. The highest BCUT2D eigenvalue weighted by molar-refractivity contribution is 7.98. The molecule has 1 aromatic carbocycles. The van der Waals surface area contributed by atoms with E-state index >= 15 is 0 Å². The maximum absolute atomic E-state index is 6.05. The Morgan fingerprint density at radius 1 is 1.44 bits per heavy atom. The van der Waals surface area contributed by atoms with Gasteiger partial charge in [-0.15, -0.1) is 11.6 Å². The molecular weight excluding hydrogens is 264 g/mol. The predicted octanol–water partition coefficient (Wildman–Crippen LogP) is 4.40. The van der Waals surface area contributed by atoms with Crippen LogP contribution in [0.4, 0.5) is 0 Å². The molecule has 0 fully saturated rings. The van der Waals surface area contributed by atoms with Crippen molar-refractivity contribution in [1.29, 1.82) is 0 Å². The summed E-state index contributed by atoms with van der Waals surface area (Å²) >= 11 is 7.93. The molecule has 0 spiro atoms. The summed E-state index contributed by atoms with van der Waals surface area (Å²) in [5.74, 6) is 2.55. The zero-order valence-electron chi connectivity index (χ0n) is 11.1. The van der Waals surface area contributed by atoms with Gasteiger partial charge < -0.3 is 4.57 Å². The molecule has 0 bridgehead atoms. The first-order chi connectivity index (χ1) is 8.71. The van der Waals surface area contributed by atoms with E-state index in [9.17, 15) is 0 Å². The highest BCUT2D eigenvalue weighted by atomic mass is 35.5. The quantitative estimate of drug-likeness (QED) is 0.757. The van der Waals surface area contributed by atoms with Crippen LogP contribution >= 0.6 is 23.4 Å². The first-order valence-corrected chi connectivity index (χ1v) is 8.16. The van der Waals surface area contributed by atoms with Gasteiger partial charge in [0.05, 0.1) is 16.9 Å². The molecule has 1 heterocycles. The van der Waals surface area contributed by atoms with Crippen molar-refractivity contribution in [3.8, 4) is 0 Å². The fourth-order valence-corrected chi connectivity index (χ4v) is 3.28. The van der Waals surface area contributed by atoms with Crippen LogP contribution in [0.1, 0.15) is 30.8 Å². The van der Waals surface area contributed by atoms with Gasteiger partial charge in [-0.3, -0.25) is 0 Å². The van der Waals surface area contributed by atoms with Gasteiger partial charge in [0.15, 0.2) is 0 Å². The Morgan fingerprint density at radius 2 is 2.22 bits per heavy atom. The predicted molar refractivity (Wildman–Crippen MR) is 81.7 cm³/mol. The van der Waals surface area contributed by atoms with E-state index < -0.39 is 0 Å². The van der Waals surface area contributed by atoms with Crippen molar-refractivity contribution in [2.45, 2.75) is 32.2 Å². The van der Waals surface area contributed by atoms with Gasteiger partial charge in [-0.25, -0.2) is 4.98 Å². The minimum Gasteiger partial charge on any atom is -0.323 e. The lowest BCUT2D eigenvalue weighted by molar-refractivity contribution is 0.538. The van der Waals surface area contributed by atoms with Crippen molar-refractivity contribution in [1.82, 2.24) is 9.55 Å². The van der Waals surface area contributed by atoms with Crippen LogP contribution < -0.4 is 0 Å². The van der Waals surface area contributed by atoms with Gasteiger partial charge in [0.2, 0.25) is 0 Å². The first-order valence-electron chi connectivity index (χ1n) is 6.23. The number of aromatic nitrogens is 2. The fraction of sp³-hybridized carbons (Fsp3) is 0.500. The highest BCUT2D eigenvalue weighted by Crippen LogP contribution is 2.27. The summed E-state index contributed by atoms with van der Waals surface area (Å²) in [6, 6.07) is 6.87. The van der Waals surface area contributed by atoms with Crippen molar-refractivity contribution in [2.24, 2.45) is 0 Å². The van der Waals surface area contributed by atoms with Gasteiger partial charge in [0, 0.05) is 11.8 Å². The third-order valence-corrected chi connectivity index (χ3v) is 4.19. The topological polar surface area (TPSA) is 17.8 Å². The molecule has 0 aliphatic carbocycles. The van der Waals surface area contributed by atoms with E-state index in [1.54, 1.807) is 0 Å². The van der Waals surface area contributed by atoms with Gasteiger partial charge in [-0.1, -0.05) is 13.0 Å². The number of fused-ring (bicyclic) bond motifs is 1. The summed E-state index contributed by atoms with van der Waals surface area (Å²) in [6.45, 7) is 4.34. The summed E-state index contributed by atoms with van der Waals surface area (Å²) in [5.41, 5.74) is 3.53. The molecule has 0 radical (unpaired) electrons. The van der Waals surface area contributed by atoms with E-state index in [1.165, 1.54) is 11.1 Å². The lowest BCUT2D eigenvalue weighted by atomic mass is 10.2. The summed E-state index contributed by atoms with van der Waals surface area (Å²) < 4.78 is 2.33. The molecule has 0 amide bonds. The molecule has 0 saturated carbocycles. The third-order valence-electron chi connectivity index (χ3n) is 3.23. The van der Waals surface area contributed by atoms with Crippen molar-refractivity contribution in [3.63, 3.8) is 0 Å². The van der Waals surface area contributed by atoms with Crippen molar-refractivity contribution < 1.29 is 0 Å². The number of benzene rings is 1. The third kappa shape index (κ3) is 2.52. The van der Waals surface area contributed by atoms with Gasteiger partial charge in [-0.2, -0.15) is 11.8 Å². The second kappa shape index (κ2) is 5.98.